The van der Waals surface area contributed by atoms with Gasteiger partial charge in [0.15, 0.2) is 0 Å². The number of allylic oxidation sites excluding steroid dienone is 2. The maximum absolute atomic E-state index is 13.1. The number of morpholine rings is 1. The van der Waals surface area contributed by atoms with Gasteiger partial charge in [-0.25, -0.2) is 4.79 Å². The Kier molecular flexibility index (Phi) is 10.2. The summed E-state index contributed by atoms with van der Waals surface area (Å²) in [5.41, 5.74) is 1.99. The van der Waals surface area contributed by atoms with Crippen LogP contribution in [0.1, 0.15) is 45.1 Å². The molecule has 0 aromatic heterocycles. The van der Waals surface area contributed by atoms with Gasteiger partial charge >= 0.3 is 5.97 Å². The monoisotopic (exact) mass is 741 g/mol. The smallest absolute Gasteiger partial charge is 0.343 e. The number of amides is 2. The molecule has 0 spiro atoms. The van der Waals surface area contributed by atoms with Crippen molar-refractivity contribution in [1.29, 1.82) is 0 Å². The number of nitrogens with one attached hydrogen (secondary N) is 2. The third-order valence-corrected chi connectivity index (χ3v) is 13.9. The molecule has 2 amide bonds. The largest absolute Gasteiger partial charge is 0.423 e. The number of carbonyl (C=O) groups excluding carboxylic acids is 3. The van der Waals surface area contributed by atoms with Crippen LogP contribution in [0.15, 0.2) is 66.0 Å². The zero-order chi connectivity index (χ0) is 37.8. The summed E-state index contributed by atoms with van der Waals surface area (Å²) in [5.74, 6) is 0.177. The molecule has 290 valence electrons. The average Bonchev–Trinajstić information content (AvgIpc) is 3.50. The van der Waals surface area contributed by atoms with Crippen LogP contribution in [0.4, 0.5) is 5.69 Å². The number of fused-ring (bicyclic) bond motifs is 1. The predicted molar refractivity (Wildman–Crippen MR) is 203 cm³/mol. The second kappa shape index (κ2) is 14.8. The van der Waals surface area contributed by atoms with Crippen molar-refractivity contribution in [2.45, 2.75) is 57.7 Å². The Hall–Kier alpha value is -3.65. The van der Waals surface area contributed by atoms with Gasteiger partial charge in [0.2, 0.25) is 11.8 Å². The number of rotatable bonds is 9. The Bertz CT molecular complexity index is 1720. The van der Waals surface area contributed by atoms with E-state index in [1.54, 1.807) is 24.3 Å². The summed E-state index contributed by atoms with van der Waals surface area (Å²) < 4.78 is 11.3. The van der Waals surface area contributed by atoms with E-state index in [9.17, 15) is 24.6 Å². The second-order valence-electron chi connectivity index (χ2n) is 17.3. The second-order valence-corrected chi connectivity index (χ2v) is 17.3. The first-order chi connectivity index (χ1) is 25.9. The molecule has 1 aromatic carbocycles. The third kappa shape index (κ3) is 7.01. The summed E-state index contributed by atoms with van der Waals surface area (Å²) in [6.45, 7) is 16.8. The van der Waals surface area contributed by atoms with Crippen LogP contribution in [0.5, 0.6) is 0 Å². The van der Waals surface area contributed by atoms with Gasteiger partial charge in [0, 0.05) is 80.2 Å². The van der Waals surface area contributed by atoms with Crippen LogP contribution in [0, 0.1) is 34.5 Å². The molecule has 9 rings (SSSR count). The quantitative estimate of drug-likeness (QED) is 0.170. The van der Waals surface area contributed by atoms with E-state index in [0.717, 1.165) is 69.9 Å². The van der Waals surface area contributed by atoms with Crippen molar-refractivity contribution in [3.8, 4) is 0 Å². The Balaban J connectivity index is 0.913. The lowest BCUT2D eigenvalue weighted by atomic mass is 9.45. The number of nitrogens with zero attached hydrogens (tertiary/aromatic N) is 3. The number of esters is 1. The first-order valence-corrected chi connectivity index (χ1v) is 19.7. The van der Waals surface area contributed by atoms with Crippen molar-refractivity contribution in [2.75, 3.05) is 71.1 Å². The molecule has 2 saturated carbocycles. The van der Waals surface area contributed by atoms with E-state index < -0.39 is 17.5 Å². The molecule has 4 bridgehead atoms. The molecule has 4 N–H and O–H groups in total. The minimum absolute atomic E-state index is 0.0420. The number of piperidine rings is 2. The lowest BCUT2D eigenvalue weighted by Crippen LogP contribution is -2.71. The number of ether oxygens (including phenoxy) is 2. The fourth-order valence-corrected chi connectivity index (χ4v) is 11.1. The van der Waals surface area contributed by atoms with Gasteiger partial charge in [0.1, 0.15) is 12.2 Å². The Labute approximate surface area is 317 Å². The maximum atomic E-state index is 13.1. The summed E-state index contributed by atoms with van der Waals surface area (Å²) in [4.78, 5) is 46.0. The molecular formula is C42H55N5O7. The van der Waals surface area contributed by atoms with Gasteiger partial charge in [-0.2, -0.15) is 0 Å². The highest BCUT2D eigenvalue weighted by atomic mass is 16.5. The minimum atomic E-state index is -0.649. The standard InChI is InChI=1S/C42H55N5O7/c1-26-33(41(2)11-10-36(49)42(3,24-48)35(41)18-34(26)47-12-14-53-15-13-47)9-6-28-17-32(54-40(28)52)16-27-4-7-31(8-5-27)43-37(50)19-38(51)44-39-29-20-45-22-30(39)23-46(21-29)25-45/h4-9,16-17,29-30,33-36,39,48-49H,1,10-15,18-25H2,2-3H3,(H,43,50)(H,44,51)/b9-6+,32-16+/t29?,30?,33?,34?,35?,36-,39?,41-,42+/m1/s1. The molecule has 6 aliphatic heterocycles. The number of cyclic esters (lactones) is 1. The lowest BCUT2D eigenvalue weighted by molar-refractivity contribution is -0.156. The molecule has 12 nitrogen and oxygen atoms in total. The van der Waals surface area contributed by atoms with Crippen LogP contribution in [0.3, 0.4) is 0 Å². The summed E-state index contributed by atoms with van der Waals surface area (Å²) >= 11 is 0. The Morgan fingerprint density at radius 1 is 1.04 bits per heavy atom. The van der Waals surface area contributed by atoms with Gasteiger partial charge in [0.25, 0.3) is 0 Å². The van der Waals surface area contributed by atoms with Crippen molar-refractivity contribution in [1.82, 2.24) is 20.0 Å². The number of anilines is 1. The number of benzene rings is 1. The van der Waals surface area contributed by atoms with E-state index in [1.165, 1.54) is 0 Å². The van der Waals surface area contributed by atoms with Crippen LogP contribution < -0.4 is 10.6 Å². The molecule has 2 aliphatic carbocycles. The van der Waals surface area contributed by atoms with E-state index in [2.05, 4.69) is 44.9 Å². The predicted octanol–water partition coefficient (Wildman–Crippen LogP) is 2.77. The molecule has 8 aliphatic rings. The highest BCUT2D eigenvalue weighted by molar-refractivity contribution is 6.03. The molecule has 5 saturated heterocycles. The number of hydrogen-bond acceptors (Lipinski definition) is 10. The third-order valence-electron chi connectivity index (χ3n) is 13.9. The van der Waals surface area contributed by atoms with Crippen molar-refractivity contribution in [2.24, 2.45) is 34.5 Å². The zero-order valence-corrected chi connectivity index (χ0v) is 31.5. The van der Waals surface area contributed by atoms with Crippen molar-refractivity contribution in [3.63, 3.8) is 0 Å². The molecule has 0 radical (unpaired) electrons. The van der Waals surface area contributed by atoms with Crippen LogP contribution in [-0.4, -0.2) is 127 Å². The van der Waals surface area contributed by atoms with Gasteiger partial charge in [-0.3, -0.25) is 24.3 Å². The lowest BCUT2D eigenvalue weighted by Gasteiger charge is -2.62. The van der Waals surface area contributed by atoms with Gasteiger partial charge < -0.3 is 30.3 Å². The molecule has 7 fully saturated rings. The maximum Gasteiger partial charge on any atom is 0.343 e. The van der Waals surface area contributed by atoms with E-state index >= 15 is 0 Å². The Morgan fingerprint density at radius 3 is 2.39 bits per heavy atom. The van der Waals surface area contributed by atoms with E-state index in [4.69, 9.17) is 9.47 Å². The van der Waals surface area contributed by atoms with E-state index in [0.29, 0.717) is 48.5 Å². The van der Waals surface area contributed by atoms with Crippen molar-refractivity contribution in [3.05, 3.63) is 71.5 Å². The number of hydrogen-bond donors (Lipinski definition) is 4. The fourth-order valence-electron chi connectivity index (χ4n) is 11.1. The molecule has 1 aromatic rings. The molecule has 6 heterocycles. The summed E-state index contributed by atoms with van der Waals surface area (Å²) in [7, 11) is 0. The van der Waals surface area contributed by atoms with Gasteiger partial charge in [0.05, 0.1) is 38.2 Å². The molecule has 6 atom stereocenters. The van der Waals surface area contributed by atoms with Crippen LogP contribution in [0.2, 0.25) is 0 Å². The van der Waals surface area contributed by atoms with Gasteiger partial charge in [-0.15, -0.1) is 0 Å². The number of carbonyl (C=O) groups is 3. The molecule has 3 unspecified atom stereocenters. The van der Waals surface area contributed by atoms with Crippen LogP contribution in [-0.2, 0) is 23.9 Å². The number of aliphatic hydroxyl groups is 2. The first-order valence-electron chi connectivity index (χ1n) is 19.7. The first kappa shape index (κ1) is 37.3. The number of aliphatic hydroxyl groups excluding tert-OH is 2. The van der Waals surface area contributed by atoms with Crippen molar-refractivity contribution >= 4 is 29.5 Å². The SMILES string of the molecule is C=C1C(N2CCOCC2)CC2[C@](C)(CC[C@@H](O)[C@@]2(C)CO)C1/C=C/C1=CC(=C\c2ccc(NC(=O)CC(=O)NC3C4CN5CC3CN(C4)C5)cc2)/OC1=O. The summed E-state index contributed by atoms with van der Waals surface area (Å²) in [6, 6.07) is 7.39. The van der Waals surface area contributed by atoms with E-state index in [-0.39, 0.29) is 54.2 Å². The molecule has 54 heavy (non-hydrogen) atoms. The average molecular weight is 742 g/mol. The van der Waals surface area contributed by atoms with Crippen LogP contribution >= 0.6 is 0 Å². The fraction of sp³-hybridized carbons (Fsp3) is 0.595. The molecule has 12 heteroatoms. The Morgan fingerprint density at radius 2 is 1.72 bits per heavy atom. The minimum Gasteiger partial charge on any atom is -0.423 e. The van der Waals surface area contributed by atoms with E-state index in [1.807, 2.05) is 25.1 Å². The summed E-state index contributed by atoms with van der Waals surface area (Å²) in [5, 5.41) is 27.8. The van der Waals surface area contributed by atoms with Gasteiger partial charge in [-0.1, -0.05) is 50.3 Å². The molecular weight excluding hydrogens is 686 g/mol. The highest BCUT2D eigenvalue weighted by Gasteiger charge is 2.59. The van der Waals surface area contributed by atoms with Crippen molar-refractivity contribution < 1.29 is 34.1 Å². The normalized spacial score (nSPS) is 39.7. The van der Waals surface area contributed by atoms with Crippen LogP contribution in [0.25, 0.3) is 6.08 Å². The highest BCUT2D eigenvalue weighted by Crippen LogP contribution is 2.62. The van der Waals surface area contributed by atoms with Gasteiger partial charge in [-0.05, 0) is 60.4 Å². The zero-order valence-electron chi connectivity index (χ0n) is 31.5. The topological polar surface area (TPSA) is 144 Å². The summed E-state index contributed by atoms with van der Waals surface area (Å²) in [6.07, 6.45) is 8.82.